The highest BCUT2D eigenvalue weighted by molar-refractivity contribution is 5.04. The third-order valence-electron chi connectivity index (χ3n) is 4.65. The van der Waals surface area contributed by atoms with E-state index in [0.29, 0.717) is 11.5 Å². The molecule has 13 heavy (non-hydrogen) atoms. The molecule has 0 bridgehead atoms. The van der Waals surface area contributed by atoms with E-state index >= 15 is 0 Å². The quantitative estimate of drug-likeness (QED) is 0.701. The van der Waals surface area contributed by atoms with Crippen LogP contribution in [0.1, 0.15) is 32.1 Å². The Hall–Kier alpha value is -0.0800. The SMILES string of the molecule is NC1CC(C2(C3CCC3)COC2)C1. The van der Waals surface area contributed by atoms with Gasteiger partial charge < -0.3 is 10.5 Å². The van der Waals surface area contributed by atoms with E-state index in [-0.39, 0.29) is 0 Å². The van der Waals surface area contributed by atoms with E-state index in [1.54, 1.807) is 0 Å². The molecule has 3 rings (SSSR count). The highest BCUT2D eigenvalue weighted by Gasteiger charge is 2.55. The van der Waals surface area contributed by atoms with Crippen LogP contribution in [-0.2, 0) is 4.74 Å². The van der Waals surface area contributed by atoms with Crippen LogP contribution in [-0.4, -0.2) is 19.3 Å². The monoisotopic (exact) mass is 181 g/mol. The average Bonchev–Trinajstić information content (AvgIpc) is 1.86. The molecule has 2 saturated carbocycles. The Labute approximate surface area is 79.8 Å². The van der Waals surface area contributed by atoms with E-state index in [4.69, 9.17) is 10.5 Å². The molecule has 0 aromatic rings. The van der Waals surface area contributed by atoms with Crippen molar-refractivity contribution in [2.24, 2.45) is 23.0 Å². The van der Waals surface area contributed by atoms with Crippen molar-refractivity contribution in [1.29, 1.82) is 0 Å². The third kappa shape index (κ3) is 1.02. The van der Waals surface area contributed by atoms with E-state index in [9.17, 15) is 0 Å². The maximum atomic E-state index is 5.86. The van der Waals surface area contributed by atoms with Gasteiger partial charge >= 0.3 is 0 Å². The van der Waals surface area contributed by atoms with E-state index < -0.39 is 0 Å². The third-order valence-corrected chi connectivity index (χ3v) is 4.65. The fraction of sp³-hybridized carbons (Fsp3) is 1.00. The molecule has 2 nitrogen and oxygen atoms in total. The number of rotatable bonds is 2. The first-order valence-electron chi connectivity index (χ1n) is 5.64. The Morgan fingerprint density at radius 2 is 1.77 bits per heavy atom. The standard InChI is InChI=1S/C11H19NO/c12-10-4-9(5-10)11(6-13-7-11)8-2-1-3-8/h8-10H,1-7,12H2. The van der Waals surface area contributed by atoms with E-state index in [1.807, 2.05) is 0 Å². The summed E-state index contributed by atoms with van der Waals surface area (Å²) in [6.45, 7) is 2.07. The minimum atomic E-state index is 0.502. The molecule has 3 fully saturated rings. The molecule has 0 radical (unpaired) electrons. The number of hydrogen-bond donors (Lipinski definition) is 1. The van der Waals surface area contributed by atoms with Crippen molar-refractivity contribution in [3.8, 4) is 0 Å². The zero-order valence-electron chi connectivity index (χ0n) is 8.17. The summed E-state index contributed by atoms with van der Waals surface area (Å²) in [6.07, 6.45) is 6.88. The second kappa shape index (κ2) is 2.71. The van der Waals surface area contributed by atoms with Crippen LogP contribution < -0.4 is 5.73 Å². The zero-order valence-corrected chi connectivity index (χ0v) is 8.17. The van der Waals surface area contributed by atoms with Crippen molar-refractivity contribution in [1.82, 2.24) is 0 Å². The predicted molar refractivity (Wildman–Crippen MR) is 51.3 cm³/mol. The Kier molecular flexibility index (Phi) is 1.72. The van der Waals surface area contributed by atoms with Gasteiger partial charge in [0.05, 0.1) is 13.2 Å². The van der Waals surface area contributed by atoms with Crippen LogP contribution in [0.15, 0.2) is 0 Å². The molecule has 2 aliphatic carbocycles. The smallest absolute Gasteiger partial charge is 0.0550 e. The van der Waals surface area contributed by atoms with Crippen molar-refractivity contribution >= 4 is 0 Å². The first-order valence-corrected chi connectivity index (χ1v) is 5.64. The van der Waals surface area contributed by atoms with Crippen LogP contribution >= 0.6 is 0 Å². The van der Waals surface area contributed by atoms with Gasteiger partial charge in [0.2, 0.25) is 0 Å². The average molecular weight is 181 g/mol. The minimum absolute atomic E-state index is 0.502. The lowest BCUT2D eigenvalue weighted by molar-refractivity contribution is -0.209. The second-order valence-corrected chi connectivity index (χ2v) is 5.28. The molecule has 2 heteroatoms. The Bertz CT molecular complexity index is 202. The molecular formula is C11H19NO. The molecule has 0 amide bonds. The van der Waals surface area contributed by atoms with Crippen LogP contribution in [0.2, 0.25) is 0 Å². The predicted octanol–water partition coefficient (Wildman–Crippen LogP) is 1.54. The summed E-state index contributed by atoms with van der Waals surface area (Å²) in [7, 11) is 0. The van der Waals surface area contributed by atoms with Gasteiger partial charge in [-0.15, -0.1) is 0 Å². The maximum absolute atomic E-state index is 5.86. The van der Waals surface area contributed by atoms with Gasteiger partial charge in [0.1, 0.15) is 0 Å². The van der Waals surface area contributed by atoms with Crippen LogP contribution in [0.4, 0.5) is 0 Å². The van der Waals surface area contributed by atoms with Gasteiger partial charge in [-0.3, -0.25) is 0 Å². The lowest BCUT2D eigenvalue weighted by atomic mass is 9.52. The summed E-state index contributed by atoms with van der Waals surface area (Å²) in [5.41, 5.74) is 6.45. The molecule has 0 spiro atoms. The summed E-state index contributed by atoms with van der Waals surface area (Å²) < 4.78 is 5.45. The van der Waals surface area contributed by atoms with Gasteiger partial charge in [0.25, 0.3) is 0 Å². The topological polar surface area (TPSA) is 35.2 Å². The van der Waals surface area contributed by atoms with Crippen molar-refractivity contribution < 1.29 is 4.74 Å². The molecule has 3 aliphatic rings. The molecule has 1 aliphatic heterocycles. The lowest BCUT2D eigenvalue weighted by Crippen LogP contribution is -2.60. The summed E-state index contributed by atoms with van der Waals surface area (Å²) in [4.78, 5) is 0. The summed E-state index contributed by atoms with van der Waals surface area (Å²) in [5, 5.41) is 0. The summed E-state index contributed by atoms with van der Waals surface area (Å²) in [5.74, 6) is 1.89. The Balaban J connectivity index is 1.69. The number of ether oxygens (including phenoxy) is 1. The van der Waals surface area contributed by atoms with Gasteiger partial charge in [-0.2, -0.15) is 0 Å². The Morgan fingerprint density at radius 1 is 1.08 bits per heavy atom. The van der Waals surface area contributed by atoms with Gasteiger partial charge in [-0.25, -0.2) is 0 Å². The summed E-state index contributed by atoms with van der Waals surface area (Å²) in [6, 6.07) is 0.502. The van der Waals surface area contributed by atoms with Gasteiger partial charge in [-0.1, -0.05) is 6.42 Å². The van der Waals surface area contributed by atoms with Crippen molar-refractivity contribution in [2.75, 3.05) is 13.2 Å². The van der Waals surface area contributed by atoms with E-state index in [2.05, 4.69) is 0 Å². The van der Waals surface area contributed by atoms with Crippen molar-refractivity contribution in [3.63, 3.8) is 0 Å². The normalized spacial score (nSPS) is 43.2. The fourth-order valence-electron chi connectivity index (χ4n) is 3.26. The highest BCUT2D eigenvalue weighted by atomic mass is 16.5. The molecule has 0 aromatic carbocycles. The summed E-state index contributed by atoms with van der Waals surface area (Å²) >= 11 is 0. The molecule has 0 unspecified atom stereocenters. The molecule has 0 aromatic heterocycles. The maximum Gasteiger partial charge on any atom is 0.0550 e. The molecule has 2 N–H and O–H groups in total. The van der Waals surface area contributed by atoms with E-state index in [0.717, 1.165) is 25.0 Å². The Morgan fingerprint density at radius 3 is 2.08 bits per heavy atom. The van der Waals surface area contributed by atoms with Crippen LogP contribution in [0.25, 0.3) is 0 Å². The van der Waals surface area contributed by atoms with Gasteiger partial charge in [-0.05, 0) is 37.5 Å². The molecule has 0 atom stereocenters. The van der Waals surface area contributed by atoms with Crippen LogP contribution in [0.3, 0.4) is 0 Å². The van der Waals surface area contributed by atoms with Gasteiger partial charge in [0, 0.05) is 11.5 Å². The first-order chi connectivity index (χ1) is 6.31. The fourth-order valence-corrected chi connectivity index (χ4v) is 3.26. The van der Waals surface area contributed by atoms with Crippen LogP contribution in [0.5, 0.6) is 0 Å². The lowest BCUT2D eigenvalue weighted by Gasteiger charge is -2.59. The second-order valence-electron chi connectivity index (χ2n) is 5.28. The molecular weight excluding hydrogens is 162 g/mol. The van der Waals surface area contributed by atoms with E-state index in [1.165, 1.54) is 32.1 Å². The largest absolute Gasteiger partial charge is 0.380 e. The van der Waals surface area contributed by atoms with Crippen molar-refractivity contribution in [3.05, 3.63) is 0 Å². The van der Waals surface area contributed by atoms with Gasteiger partial charge in [0.15, 0.2) is 0 Å². The highest BCUT2D eigenvalue weighted by Crippen LogP contribution is 2.56. The molecule has 74 valence electrons. The van der Waals surface area contributed by atoms with Crippen LogP contribution in [0, 0.1) is 17.3 Å². The number of hydrogen-bond acceptors (Lipinski definition) is 2. The number of nitrogens with two attached hydrogens (primary N) is 1. The zero-order chi connectivity index (χ0) is 8.89. The minimum Gasteiger partial charge on any atom is -0.380 e. The molecule has 1 heterocycles. The first kappa shape index (κ1) is 8.25. The van der Waals surface area contributed by atoms with Crippen molar-refractivity contribution in [2.45, 2.75) is 38.1 Å². The molecule has 1 saturated heterocycles.